The lowest BCUT2D eigenvalue weighted by Crippen LogP contribution is -2.60. The van der Waals surface area contributed by atoms with Crippen LogP contribution in [0.2, 0.25) is 0 Å². The van der Waals surface area contributed by atoms with Gasteiger partial charge >= 0.3 is 5.97 Å². The van der Waals surface area contributed by atoms with E-state index in [1.165, 1.54) is 315 Å². The van der Waals surface area contributed by atoms with Gasteiger partial charge in [-0.1, -0.05) is 346 Å². The molecular weight excluding hydrogens is 1100 g/mol. The van der Waals surface area contributed by atoms with Gasteiger partial charge in [-0.05, 0) is 57.8 Å². The second-order valence-corrected chi connectivity index (χ2v) is 27.1. The summed E-state index contributed by atoms with van der Waals surface area (Å²) >= 11 is 0. The van der Waals surface area contributed by atoms with E-state index in [4.69, 9.17) is 14.2 Å². The molecule has 1 fully saturated rings. The molecule has 0 spiro atoms. The molecule has 11 heteroatoms. The van der Waals surface area contributed by atoms with Gasteiger partial charge < -0.3 is 45.1 Å². The second kappa shape index (κ2) is 66.6. The average Bonchev–Trinajstić information content (AvgIpc) is 2.89. The van der Waals surface area contributed by atoms with Gasteiger partial charge in [0.2, 0.25) is 5.91 Å². The standard InChI is InChI=1S/C77H147NO10/c1-3-5-7-9-11-13-14-15-16-17-36-39-42-45-49-53-57-61-65-73(82)86-66-62-58-54-50-46-43-40-37-34-32-30-28-26-24-22-20-18-19-21-23-25-27-29-31-33-35-38-41-44-48-52-56-60-64-72(81)78-69(70(80)63-59-55-51-47-12-10-8-6-4-2)68-87-77-76(85)75(84)74(83)71(67-79)88-77/h22,24,59,63,69-71,74-77,79-80,83-85H,3-21,23,25-58,60-62,64-68H2,1-2H3,(H,78,81)/b24-22-,63-59+. The summed E-state index contributed by atoms with van der Waals surface area (Å²) < 4.78 is 16.7. The molecule has 520 valence electrons. The molecule has 11 nitrogen and oxygen atoms in total. The summed E-state index contributed by atoms with van der Waals surface area (Å²) in [7, 11) is 0. The summed E-state index contributed by atoms with van der Waals surface area (Å²) in [5, 5.41) is 54.3. The van der Waals surface area contributed by atoms with Gasteiger partial charge in [-0.15, -0.1) is 0 Å². The van der Waals surface area contributed by atoms with Crippen LogP contribution < -0.4 is 5.32 Å². The van der Waals surface area contributed by atoms with E-state index in [2.05, 4.69) is 31.3 Å². The first-order valence-corrected chi connectivity index (χ1v) is 38.6. The predicted octanol–water partition coefficient (Wildman–Crippen LogP) is 20.4. The minimum Gasteiger partial charge on any atom is -0.466 e. The number of nitrogens with one attached hydrogen (secondary N) is 1. The summed E-state index contributed by atoms with van der Waals surface area (Å²) in [5.41, 5.74) is 0. The third-order valence-electron chi connectivity index (χ3n) is 18.6. The molecule has 1 saturated heterocycles. The number of unbranched alkanes of at least 4 members (excludes halogenated alkanes) is 53. The molecule has 0 aromatic rings. The van der Waals surface area contributed by atoms with Crippen LogP contribution >= 0.6 is 0 Å². The molecule has 0 bridgehead atoms. The Hall–Kier alpha value is -1.86. The Bertz CT molecular complexity index is 1510. The smallest absolute Gasteiger partial charge is 0.305 e. The van der Waals surface area contributed by atoms with E-state index in [0.29, 0.717) is 19.4 Å². The second-order valence-electron chi connectivity index (χ2n) is 27.1. The Morgan fingerprint density at radius 1 is 0.409 bits per heavy atom. The molecule has 0 saturated carbocycles. The van der Waals surface area contributed by atoms with E-state index in [1.807, 2.05) is 6.08 Å². The molecule has 7 unspecified atom stereocenters. The zero-order valence-electron chi connectivity index (χ0n) is 58.0. The molecule has 1 amide bonds. The van der Waals surface area contributed by atoms with Gasteiger partial charge in [0.25, 0.3) is 0 Å². The summed E-state index contributed by atoms with van der Waals surface area (Å²) in [6.45, 7) is 4.37. The zero-order chi connectivity index (χ0) is 63.7. The highest BCUT2D eigenvalue weighted by molar-refractivity contribution is 5.76. The first-order valence-electron chi connectivity index (χ1n) is 38.6. The molecule has 1 aliphatic heterocycles. The topological polar surface area (TPSA) is 175 Å². The van der Waals surface area contributed by atoms with Gasteiger partial charge in [0.1, 0.15) is 24.4 Å². The van der Waals surface area contributed by atoms with Crippen molar-refractivity contribution in [3.63, 3.8) is 0 Å². The van der Waals surface area contributed by atoms with E-state index in [-0.39, 0.29) is 18.5 Å². The first kappa shape index (κ1) is 84.2. The number of carbonyl (C=O) groups is 2. The summed E-state index contributed by atoms with van der Waals surface area (Å²) in [5.74, 6) is -0.162. The van der Waals surface area contributed by atoms with Crippen molar-refractivity contribution in [1.29, 1.82) is 0 Å². The molecule has 0 radical (unpaired) electrons. The Kier molecular flexibility index (Phi) is 63.7. The van der Waals surface area contributed by atoms with Crippen molar-refractivity contribution in [2.45, 2.75) is 436 Å². The van der Waals surface area contributed by atoms with E-state index < -0.39 is 49.5 Å². The van der Waals surface area contributed by atoms with Crippen molar-refractivity contribution in [3.8, 4) is 0 Å². The normalized spacial score (nSPS) is 17.8. The van der Waals surface area contributed by atoms with Gasteiger partial charge in [-0.3, -0.25) is 9.59 Å². The van der Waals surface area contributed by atoms with Crippen molar-refractivity contribution in [1.82, 2.24) is 5.32 Å². The molecule has 0 aromatic carbocycles. The number of hydrogen-bond acceptors (Lipinski definition) is 10. The first-order chi connectivity index (χ1) is 43.2. The highest BCUT2D eigenvalue weighted by atomic mass is 16.7. The molecule has 1 rings (SSSR count). The molecule has 0 aliphatic carbocycles. The van der Waals surface area contributed by atoms with Crippen molar-refractivity contribution >= 4 is 11.9 Å². The summed E-state index contributed by atoms with van der Waals surface area (Å²) in [4.78, 5) is 25.2. The van der Waals surface area contributed by atoms with E-state index in [9.17, 15) is 35.1 Å². The van der Waals surface area contributed by atoms with E-state index in [1.54, 1.807) is 6.08 Å². The van der Waals surface area contributed by atoms with Crippen LogP contribution in [0.15, 0.2) is 24.3 Å². The molecule has 1 aliphatic rings. The van der Waals surface area contributed by atoms with Crippen LogP contribution in [0.5, 0.6) is 0 Å². The number of aliphatic hydroxyl groups is 5. The minimum atomic E-state index is -1.57. The SMILES string of the molecule is CCCCCCCCC/C=C/C(O)C(COC1OC(CO)C(O)C(O)C1O)NC(=O)CCCCCCCCCCCCCCCCCCC/C=C\CCCCCCCCCCCCCCOC(=O)CCCCCCCCCCCCCCCCCCCC. The highest BCUT2D eigenvalue weighted by Crippen LogP contribution is 2.24. The molecule has 0 aromatic heterocycles. The average molecular weight is 1250 g/mol. The lowest BCUT2D eigenvalue weighted by atomic mass is 9.99. The third-order valence-corrected chi connectivity index (χ3v) is 18.6. The molecule has 6 N–H and O–H groups in total. The van der Waals surface area contributed by atoms with Gasteiger partial charge in [0.05, 0.1) is 32.0 Å². The maximum absolute atomic E-state index is 13.0. The Morgan fingerprint density at radius 3 is 1.09 bits per heavy atom. The third kappa shape index (κ3) is 54.7. The van der Waals surface area contributed by atoms with Crippen molar-refractivity contribution < 1.29 is 49.3 Å². The van der Waals surface area contributed by atoms with Crippen LogP contribution in [0.4, 0.5) is 0 Å². The maximum atomic E-state index is 13.0. The lowest BCUT2D eigenvalue weighted by Gasteiger charge is -2.40. The Balaban J connectivity index is 1.86. The largest absolute Gasteiger partial charge is 0.466 e. The number of amides is 1. The molecular formula is C77H147NO10. The van der Waals surface area contributed by atoms with E-state index in [0.717, 1.165) is 51.4 Å². The number of carbonyl (C=O) groups excluding carboxylic acids is 2. The predicted molar refractivity (Wildman–Crippen MR) is 371 cm³/mol. The fourth-order valence-electron chi connectivity index (χ4n) is 12.5. The number of ether oxygens (including phenoxy) is 3. The highest BCUT2D eigenvalue weighted by Gasteiger charge is 2.44. The molecule has 88 heavy (non-hydrogen) atoms. The van der Waals surface area contributed by atoms with Gasteiger partial charge in [0, 0.05) is 12.8 Å². The molecule has 7 atom stereocenters. The molecule has 1 heterocycles. The van der Waals surface area contributed by atoms with Crippen LogP contribution in [0.25, 0.3) is 0 Å². The quantitative estimate of drug-likeness (QED) is 0.0195. The minimum absolute atomic E-state index is 0.0166. The Labute approximate surface area is 543 Å². The number of esters is 1. The van der Waals surface area contributed by atoms with Gasteiger partial charge in [0.15, 0.2) is 6.29 Å². The van der Waals surface area contributed by atoms with Crippen LogP contribution in [-0.2, 0) is 23.8 Å². The monoisotopic (exact) mass is 1250 g/mol. The summed E-state index contributed by atoms with van der Waals surface area (Å²) in [6, 6.07) is -0.806. The van der Waals surface area contributed by atoms with Gasteiger partial charge in [-0.25, -0.2) is 0 Å². The number of allylic oxidation sites excluding steroid dienone is 3. The van der Waals surface area contributed by atoms with Crippen LogP contribution in [-0.4, -0.2) is 100 Å². The fraction of sp³-hybridized carbons (Fsp3) is 0.922. The zero-order valence-corrected chi connectivity index (χ0v) is 58.0. The van der Waals surface area contributed by atoms with Crippen LogP contribution in [0.1, 0.15) is 393 Å². The number of rotatable bonds is 69. The van der Waals surface area contributed by atoms with E-state index >= 15 is 0 Å². The van der Waals surface area contributed by atoms with Crippen LogP contribution in [0, 0.1) is 0 Å². The summed E-state index contributed by atoms with van der Waals surface area (Å²) in [6.07, 6.45) is 75.0. The maximum Gasteiger partial charge on any atom is 0.305 e. The van der Waals surface area contributed by atoms with Crippen molar-refractivity contribution in [2.75, 3.05) is 19.8 Å². The number of hydrogen-bond donors (Lipinski definition) is 6. The van der Waals surface area contributed by atoms with Crippen molar-refractivity contribution in [2.24, 2.45) is 0 Å². The Morgan fingerprint density at radius 2 is 0.727 bits per heavy atom. The van der Waals surface area contributed by atoms with Crippen molar-refractivity contribution in [3.05, 3.63) is 24.3 Å². The fourth-order valence-corrected chi connectivity index (χ4v) is 12.5. The van der Waals surface area contributed by atoms with Gasteiger partial charge in [-0.2, -0.15) is 0 Å². The number of aliphatic hydroxyl groups excluding tert-OH is 5. The lowest BCUT2D eigenvalue weighted by molar-refractivity contribution is -0.302. The van der Waals surface area contributed by atoms with Crippen LogP contribution in [0.3, 0.4) is 0 Å².